The van der Waals surface area contributed by atoms with E-state index in [1.165, 1.54) is 32.1 Å². The summed E-state index contributed by atoms with van der Waals surface area (Å²) in [4.78, 5) is 0. The number of unbranched alkanes of at least 4 members (excludes halogenated alkanes) is 5. The molecule has 0 nitrogen and oxygen atoms in total. The lowest BCUT2D eigenvalue weighted by Crippen LogP contribution is -1.71. The van der Waals surface area contributed by atoms with Crippen LogP contribution >= 0.6 is 0 Å². The molecule has 0 atom stereocenters. The second-order valence-corrected chi connectivity index (χ2v) is 4.04. The topological polar surface area (TPSA) is 0 Å². The highest BCUT2D eigenvalue weighted by Crippen LogP contribution is 2.01. The first-order valence-corrected chi connectivity index (χ1v) is 6.67. The molecule has 1 radical (unpaired) electrons. The maximum absolute atomic E-state index is 3.79. The highest BCUT2D eigenvalue weighted by Gasteiger charge is 1.81. The second kappa shape index (κ2) is 14.2. The molecule has 0 spiro atoms. The Morgan fingerprint density at radius 3 is 2.06 bits per heavy atom. The third-order valence-corrected chi connectivity index (χ3v) is 2.40. The minimum absolute atomic E-state index is 0.991. The van der Waals surface area contributed by atoms with E-state index in [1.807, 2.05) is 0 Å². The molecule has 0 saturated carbocycles. The van der Waals surface area contributed by atoms with Gasteiger partial charge in [-0.05, 0) is 38.5 Å². The van der Waals surface area contributed by atoms with Crippen molar-refractivity contribution in [3.8, 4) is 0 Å². The Kier molecular flexibility index (Phi) is 13.5. The van der Waals surface area contributed by atoms with E-state index in [-0.39, 0.29) is 0 Å². The molecule has 0 heterocycles. The summed E-state index contributed by atoms with van der Waals surface area (Å²) in [5, 5.41) is 0. The van der Waals surface area contributed by atoms with Crippen LogP contribution < -0.4 is 0 Å². The lowest BCUT2D eigenvalue weighted by molar-refractivity contribution is 0.728. The van der Waals surface area contributed by atoms with Gasteiger partial charge in [-0.3, -0.25) is 0 Å². The van der Waals surface area contributed by atoms with Crippen molar-refractivity contribution in [1.82, 2.24) is 0 Å². The van der Waals surface area contributed by atoms with Crippen molar-refractivity contribution < 1.29 is 0 Å². The summed E-state index contributed by atoms with van der Waals surface area (Å²) >= 11 is 0. The van der Waals surface area contributed by atoms with E-state index < -0.39 is 0 Å². The highest BCUT2D eigenvalue weighted by molar-refractivity contribution is 5.02. The van der Waals surface area contributed by atoms with Gasteiger partial charge in [-0.15, -0.1) is 0 Å². The number of hydrogen-bond donors (Lipinski definition) is 0. The van der Waals surface area contributed by atoms with Crippen LogP contribution in [-0.4, -0.2) is 0 Å². The van der Waals surface area contributed by atoms with Gasteiger partial charge in [0.2, 0.25) is 0 Å². The van der Waals surface area contributed by atoms with Gasteiger partial charge in [-0.1, -0.05) is 63.1 Å². The maximum Gasteiger partial charge on any atom is -0.0313 e. The molecule has 0 amide bonds. The smallest absolute Gasteiger partial charge is 0.0313 e. The standard InChI is InChI=1S/C16H27/c1-3-5-7-9-11-13-15-16-14-12-10-8-6-4-2/h7,9,11-14H,1,3-6,8,10,15-16H2,2H3/b9-7+,13-11+,14-12+. The molecule has 0 fully saturated rings. The number of hydrogen-bond acceptors (Lipinski definition) is 0. The van der Waals surface area contributed by atoms with E-state index in [0.29, 0.717) is 0 Å². The van der Waals surface area contributed by atoms with E-state index in [1.54, 1.807) is 0 Å². The minimum atomic E-state index is 0.991. The Labute approximate surface area is 102 Å². The van der Waals surface area contributed by atoms with Crippen LogP contribution in [0.3, 0.4) is 0 Å². The molecular formula is C16H27. The van der Waals surface area contributed by atoms with Crippen LogP contribution in [0.2, 0.25) is 0 Å². The van der Waals surface area contributed by atoms with Crippen LogP contribution in [0.4, 0.5) is 0 Å². The normalized spacial score (nSPS) is 12.4. The largest absolute Gasteiger partial charge is 0.0885 e. The van der Waals surface area contributed by atoms with Crippen LogP contribution in [0.15, 0.2) is 36.5 Å². The summed E-state index contributed by atoms with van der Waals surface area (Å²) in [6.07, 6.45) is 23.0. The van der Waals surface area contributed by atoms with Crippen LogP contribution in [0.25, 0.3) is 0 Å². The fourth-order valence-electron chi connectivity index (χ4n) is 1.41. The maximum atomic E-state index is 3.79. The average Bonchev–Trinajstić information content (AvgIpc) is 2.31. The Hall–Kier alpha value is -0.780. The Morgan fingerprint density at radius 2 is 1.38 bits per heavy atom. The molecule has 0 saturated heterocycles. The summed E-state index contributed by atoms with van der Waals surface area (Å²) in [6, 6.07) is 0. The van der Waals surface area contributed by atoms with Crippen molar-refractivity contribution in [3.05, 3.63) is 43.4 Å². The summed E-state index contributed by atoms with van der Waals surface area (Å²) in [5.41, 5.74) is 0. The Bertz CT molecular complexity index is 196. The predicted octanol–water partition coefficient (Wildman–Crippen LogP) is 5.63. The fourth-order valence-corrected chi connectivity index (χ4v) is 1.41. The quantitative estimate of drug-likeness (QED) is 0.254. The summed E-state index contributed by atoms with van der Waals surface area (Å²) < 4.78 is 0. The minimum Gasteiger partial charge on any atom is -0.0885 e. The second-order valence-electron chi connectivity index (χ2n) is 4.04. The molecule has 0 aliphatic carbocycles. The number of allylic oxidation sites excluding steroid dienone is 6. The summed E-state index contributed by atoms with van der Waals surface area (Å²) in [6.45, 7) is 6.04. The van der Waals surface area contributed by atoms with Crippen LogP contribution in [0, 0.1) is 6.92 Å². The van der Waals surface area contributed by atoms with E-state index in [0.717, 1.165) is 19.3 Å². The third-order valence-electron chi connectivity index (χ3n) is 2.40. The lowest BCUT2D eigenvalue weighted by Gasteiger charge is -1.91. The molecule has 0 rings (SSSR count). The zero-order chi connectivity index (χ0) is 11.9. The molecule has 0 N–H and O–H groups in total. The predicted molar refractivity (Wildman–Crippen MR) is 75.4 cm³/mol. The molecule has 0 aromatic carbocycles. The van der Waals surface area contributed by atoms with Gasteiger partial charge in [0.05, 0.1) is 0 Å². The van der Waals surface area contributed by atoms with Gasteiger partial charge in [-0.25, -0.2) is 0 Å². The molecule has 0 aromatic heterocycles. The molecule has 0 bridgehead atoms. The van der Waals surface area contributed by atoms with Crippen LogP contribution in [0.5, 0.6) is 0 Å². The van der Waals surface area contributed by atoms with Crippen LogP contribution in [-0.2, 0) is 0 Å². The SMILES string of the molecule is [CH2]CC/C=C/C=C/CC/C=C/CCCCC. The molecule has 0 aliphatic rings. The van der Waals surface area contributed by atoms with E-state index in [4.69, 9.17) is 0 Å². The van der Waals surface area contributed by atoms with Gasteiger partial charge in [0.15, 0.2) is 0 Å². The van der Waals surface area contributed by atoms with Crippen molar-refractivity contribution in [1.29, 1.82) is 0 Å². The highest BCUT2D eigenvalue weighted by atomic mass is 13.9. The molecule has 0 aromatic rings. The fraction of sp³-hybridized carbons (Fsp3) is 0.562. The first kappa shape index (κ1) is 15.2. The van der Waals surface area contributed by atoms with Gasteiger partial charge >= 0.3 is 0 Å². The monoisotopic (exact) mass is 219 g/mol. The third kappa shape index (κ3) is 13.2. The van der Waals surface area contributed by atoms with Gasteiger partial charge < -0.3 is 0 Å². The van der Waals surface area contributed by atoms with Gasteiger partial charge in [0, 0.05) is 0 Å². The van der Waals surface area contributed by atoms with Crippen molar-refractivity contribution in [3.63, 3.8) is 0 Å². The molecule has 91 valence electrons. The summed E-state index contributed by atoms with van der Waals surface area (Å²) in [7, 11) is 0. The molecule has 16 heavy (non-hydrogen) atoms. The van der Waals surface area contributed by atoms with Crippen molar-refractivity contribution in [2.75, 3.05) is 0 Å². The van der Waals surface area contributed by atoms with Gasteiger partial charge in [0.1, 0.15) is 0 Å². The number of rotatable bonds is 10. The van der Waals surface area contributed by atoms with E-state index in [9.17, 15) is 0 Å². The first-order chi connectivity index (χ1) is 7.91. The molecular weight excluding hydrogens is 192 g/mol. The Morgan fingerprint density at radius 1 is 0.750 bits per heavy atom. The molecule has 0 heteroatoms. The van der Waals surface area contributed by atoms with E-state index >= 15 is 0 Å². The molecule has 0 aliphatic heterocycles. The first-order valence-electron chi connectivity index (χ1n) is 6.67. The Balaban J connectivity index is 3.25. The lowest BCUT2D eigenvalue weighted by atomic mass is 10.2. The summed E-state index contributed by atoms with van der Waals surface area (Å²) in [5.74, 6) is 0. The van der Waals surface area contributed by atoms with Crippen molar-refractivity contribution in [2.24, 2.45) is 0 Å². The van der Waals surface area contributed by atoms with Crippen molar-refractivity contribution in [2.45, 2.75) is 58.3 Å². The average molecular weight is 219 g/mol. The van der Waals surface area contributed by atoms with E-state index in [2.05, 4.69) is 50.3 Å². The van der Waals surface area contributed by atoms with Gasteiger partial charge in [-0.2, -0.15) is 0 Å². The zero-order valence-corrected chi connectivity index (χ0v) is 10.8. The van der Waals surface area contributed by atoms with Crippen LogP contribution in [0.1, 0.15) is 58.3 Å². The van der Waals surface area contributed by atoms with Gasteiger partial charge in [0.25, 0.3) is 0 Å². The van der Waals surface area contributed by atoms with Crippen molar-refractivity contribution >= 4 is 0 Å². The zero-order valence-electron chi connectivity index (χ0n) is 10.8. The molecule has 0 unspecified atom stereocenters.